The van der Waals surface area contributed by atoms with Crippen molar-refractivity contribution in [2.45, 2.75) is 6.92 Å². The number of H-pyrrole nitrogens is 1. The predicted molar refractivity (Wildman–Crippen MR) is 62.9 cm³/mol. The highest BCUT2D eigenvalue weighted by Crippen LogP contribution is 2.31. The third-order valence-electron chi connectivity index (χ3n) is 2.64. The van der Waals surface area contributed by atoms with Gasteiger partial charge in [-0.2, -0.15) is 0 Å². The van der Waals surface area contributed by atoms with Gasteiger partial charge in [0.2, 0.25) is 0 Å². The van der Waals surface area contributed by atoms with E-state index in [9.17, 15) is 0 Å². The lowest BCUT2D eigenvalue weighted by atomic mass is 10.1. The number of nitrogen functional groups attached to an aromatic ring is 1. The SMILES string of the molecule is Cc1[nH]c(N)nc1-c1coc2ccccc12. The molecule has 0 amide bonds. The van der Waals surface area contributed by atoms with Crippen LogP contribution in [0, 0.1) is 6.92 Å². The fourth-order valence-corrected chi connectivity index (χ4v) is 1.91. The van der Waals surface area contributed by atoms with Crippen molar-refractivity contribution in [3.8, 4) is 11.3 Å². The number of aromatic nitrogens is 2. The molecule has 0 aliphatic rings. The van der Waals surface area contributed by atoms with Crippen molar-refractivity contribution in [3.05, 3.63) is 36.2 Å². The van der Waals surface area contributed by atoms with Gasteiger partial charge in [0.25, 0.3) is 0 Å². The summed E-state index contributed by atoms with van der Waals surface area (Å²) < 4.78 is 5.47. The third kappa shape index (κ3) is 1.20. The van der Waals surface area contributed by atoms with Crippen LogP contribution in [-0.4, -0.2) is 9.97 Å². The second-order valence-electron chi connectivity index (χ2n) is 3.74. The van der Waals surface area contributed by atoms with E-state index in [1.165, 1.54) is 0 Å². The van der Waals surface area contributed by atoms with E-state index in [1.807, 2.05) is 31.2 Å². The molecular formula is C12H11N3O. The van der Waals surface area contributed by atoms with Crippen LogP contribution in [0.5, 0.6) is 0 Å². The number of rotatable bonds is 1. The summed E-state index contributed by atoms with van der Waals surface area (Å²) in [5.74, 6) is 0.429. The number of anilines is 1. The van der Waals surface area contributed by atoms with Gasteiger partial charge in [-0.05, 0) is 13.0 Å². The summed E-state index contributed by atoms with van der Waals surface area (Å²) in [4.78, 5) is 7.25. The van der Waals surface area contributed by atoms with Crippen LogP contribution in [-0.2, 0) is 0 Å². The minimum absolute atomic E-state index is 0.429. The molecule has 0 aliphatic heterocycles. The molecule has 2 aromatic heterocycles. The van der Waals surface area contributed by atoms with Gasteiger partial charge >= 0.3 is 0 Å². The van der Waals surface area contributed by atoms with E-state index in [4.69, 9.17) is 10.2 Å². The Balaban J connectivity index is 2.30. The lowest BCUT2D eigenvalue weighted by molar-refractivity contribution is 0.617. The first-order valence-corrected chi connectivity index (χ1v) is 5.04. The number of imidazole rings is 1. The summed E-state index contributed by atoms with van der Waals surface area (Å²) in [5.41, 5.74) is 9.26. The Kier molecular flexibility index (Phi) is 1.77. The number of benzene rings is 1. The average Bonchev–Trinajstić information content (AvgIpc) is 2.81. The average molecular weight is 213 g/mol. The molecule has 0 spiro atoms. The summed E-state index contributed by atoms with van der Waals surface area (Å²) in [6, 6.07) is 7.87. The van der Waals surface area contributed by atoms with Crippen LogP contribution in [0.15, 0.2) is 34.9 Å². The Morgan fingerprint density at radius 3 is 2.88 bits per heavy atom. The number of hydrogen-bond acceptors (Lipinski definition) is 3. The molecule has 0 atom stereocenters. The van der Waals surface area contributed by atoms with Crippen molar-refractivity contribution < 1.29 is 4.42 Å². The highest BCUT2D eigenvalue weighted by Gasteiger charge is 2.13. The smallest absolute Gasteiger partial charge is 0.198 e. The quantitative estimate of drug-likeness (QED) is 0.653. The van der Waals surface area contributed by atoms with E-state index in [0.717, 1.165) is 27.9 Å². The van der Waals surface area contributed by atoms with Crippen LogP contribution in [0.25, 0.3) is 22.2 Å². The van der Waals surface area contributed by atoms with Crippen molar-refractivity contribution in [2.75, 3.05) is 5.73 Å². The van der Waals surface area contributed by atoms with Crippen molar-refractivity contribution >= 4 is 16.9 Å². The highest BCUT2D eigenvalue weighted by atomic mass is 16.3. The molecule has 2 heterocycles. The minimum atomic E-state index is 0.429. The lowest BCUT2D eigenvalue weighted by Crippen LogP contribution is -1.85. The lowest BCUT2D eigenvalue weighted by Gasteiger charge is -1.93. The van der Waals surface area contributed by atoms with Crippen LogP contribution in [0.1, 0.15) is 5.69 Å². The Morgan fingerprint density at radius 2 is 2.12 bits per heavy atom. The summed E-state index contributed by atoms with van der Waals surface area (Å²) in [5, 5.41) is 1.05. The first-order valence-electron chi connectivity index (χ1n) is 5.04. The molecule has 3 aromatic rings. The number of para-hydroxylation sites is 1. The monoisotopic (exact) mass is 213 g/mol. The Hall–Kier alpha value is -2.23. The van der Waals surface area contributed by atoms with E-state index < -0.39 is 0 Å². The Morgan fingerprint density at radius 1 is 1.31 bits per heavy atom. The molecular weight excluding hydrogens is 202 g/mol. The zero-order valence-corrected chi connectivity index (χ0v) is 8.82. The van der Waals surface area contributed by atoms with Gasteiger partial charge in [0, 0.05) is 16.6 Å². The van der Waals surface area contributed by atoms with Gasteiger partial charge in [0.05, 0.1) is 5.69 Å². The normalized spacial score (nSPS) is 11.1. The fourth-order valence-electron chi connectivity index (χ4n) is 1.91. The van der Waals surface area contributed by atoms with Crippen LogP contribution in [0.4, 0.5) is 5.95 Å². The molecule has 0 bridgehead atoms. The van der Waals surface area contributed by atoms with Crippen LogP contribution < -0.4 is 5.73 Å². The first kappa shape index (κ1) is 9.03. The summed E-state index contributed by atoms with van der Waals surface area (Å²) >= 11 is 0. The van der Waals surface area contributed by atoms with Gasteiger partial charge in [0.1, 0.15) is 11.8 Å². The topological polar surface area (TPSA) is 67.8 Å². The zero-order chi connectivity index (χ0) is 11.1. The number of aromatic amines is 1. The van der Waals surface area contributed by atoms with E-state index in [0.29, 0.717) is 5.95 Å². The van der Waals surface area contributed by atoms with Crippen LogP contribution in [0.2, 0.25) is 0 Å². The molecule has 0 unspecified atom stereocenters. The van der Waals surface area contributed by atoms with Crippen molar-refractivity contribution in [1.82, 2.24) is 9.97 Å². The predicted octanol–water partition coefficient (Wildman–Crippen LogP) is 2.71. The second-order valence-corrected chi connectivity index (χ2v) is 3.74. The number of nitrogens with two attached hydrogens (primary N) is 1. The van der Waals surface area contributed by atoms with Crippen LogP contribution in [0.3, 0.4) is 0 Å². The Labute approximate surface area is 92.1 Å². The van der Waals surface area contributed by atoms with Gasteiger partial charge in [0.15, 0.2) is 5.95 Å². The summed E-state index contributed by atoms with van der Waals surface area (Å²) in [6.45, 7) is 1.94. The third-order valence-corrected chi connectivity index (χ3v) is 2.64. The molecule has 1 aromatic carbocycles. The number of aryl methyl sites for hydroxylation is 1. The summed E-state index contributed by atoms with van der Waals surface area (Å²) in [6.07, 6.45) is 1.72. The molecule has 16 heavy (non-hydrogen) atoms. The maximum atomic E-state index is 5.63. The van der Waals surface area contributed by atoms with E-state index >= 15 is 0 Å². The van der Waals surface area contributed by atoms with Gasteiger partial charge in [-0.1, -0.05) is 18.2 Å². The minimum Gasteiger partial charge on any atom is -0.464 e. The number of nitrogens with zero attached hydrogens (tertiary/aromatic N) is 1. The number of fused-ring (bicyclic) bond motifs is 1. The number of hydrogen-bond donors (Lipinski definition) is 2. The maximum Gasteiger partial charge on any atom is 0.198 e. The fraction of sp³-hybridized carbons (Fsp3) is 0.0833. The standard InChI is InChI=1S/C12H11N3O/c1-7-11(15-12(13)14-7)9-6-16-10-5-3-2-4-8(9)10/h2-6H,1H3,(H3,13,14,15). The van der Waals surface area contributed by atoms with Gasteiger partial charge in [-0.3, -0.25) is 0 Å². The zero-order valence-electron chi connectivity index (χ0n) is 8.82. The first-order chi connectivity index (χ1) is 7.75. The van der Waals surface area contributed by atoms with Crippen molar-refractivity contribution in [2.24, 2.45) is 0 Å². The molecule has 3 N–H and O–H groups in total. The maximum absolute atomic E-state index is 5.63. The molecule has 0 saturated carbocycles. The molecule has 0 fully saturated rings. The summed E-state index contributed by atoms with van der Waals surface area (Å²) in [7, 11) is 0. The number of nitrogens with one attached hydrogen (secondary N) is 1. The molecule has 0 saturated heterocycles. The van der Waals surface area contributed by atoms with Crippen molar-refractivity contribution in [1.29, 1.82) is 0 Å². The van der Waals surface area contributed by atoms with E-state index in [2.05, 4.69) is 9.97 Å². The molecule has 4 nitrogen and oxygen atoms in total. The number of furan rings is 1. The molecule has 0 radical (unpaired) electrons. The van der Waals surface area contributed by atoms with Gasteiger partial charge in [-0.25, -0.2) is 4.98 Å². The van der Waals surface area contributed by atoms with Crippen LogP contribution >= 0.6 is 0 Å². The molecule has 0 aliphatic carbocycles. The largest absolute Gasteiger partial charge is 0.464 e. The van der Waals surface area contributed by atoms with E-state index in [-0.39, 0.29) is 0 Å². The molecule has 3 rings (SSSR count). The van der Waals surface area contributed by atoms with Crippen molar-refractivity contribution in [3.63, 3.8) is 0 Å². The second kappa shape index (κ2) is 3.13. The highest BCUT2D eigenvalue weighted by molar-refractivity contribution is 5.93. The van der Waals surface area contributed by atoms with Gasteiger partial charge in [-0.15, -0.1) is 0 Å². The van der Waals surface area contributed by atoms with Gasteiger partial charge < -0.3 is 15.1 Å². The van der Waals surface area contributed by atoms with E-state index in [1.54, 1.807) is 6.26 Å². The molecule has 80 valence electrons. The molecule has 4 heteroatoms. The Bertz CT molecular complexity index is 651.